The first kappa shape index (κ1) is 42.8. The van der Waals surface area contributed by atoms with Crippen molar-refractivity contribution in [3.05, 3.63) is 90.3 Å². The first-order valence-corrected chi connectivity index (χ1v) is 21.9. The first-order chi connectivity index (χ1) is 31.2. The summed E-state index contributed by atoms with van der Waals surface area (Å²) in [6, 6.07) is 22.0. The van der Waals surface area contributed by atoms with Crippen molar-refractivity contribution < 1.29 is 38.5 Å². The van der Waals surface area contributed by atoms with Crippen LogP contribution in [0.2, 0.25) is 0 Å². The molecule has 5 aromatic rings. The fourth-order valence-electron chi connectivity index (χ4n) is 9.29. The maximum atomic E-state index is 13.3. The maximum absolute atomic E-state index is 13.3. The van der Waals surface area contributed by atoms with Crippen LogP contribution in [0, 0.1) is 0 Å². The number of ether oxygens (including phenoxy) is 3. The van der Waals surface area contributed by atoms with E-state index in [4.69, 9.17) is 25.0 Å². The molecule has 5 heterocycles. The Morgan fingerprint density at radius 3 is 2.38 bits per heavy atom. The summed E-state index contributed by atoms with van der Waals surface area (Å²) in [5.74, 6) is 0.00674. The molecule has 3 aromatic carbocycles. The number of aliphatic hydroxyl groups excluding tert-OH is 1. The summed E-state index contributed by atoms with van der Waals surface area (Å²) in [4.78, 5) is 65.0. The van der Waals surface area contributed by atoms with Crippen LogP contribution in [0.4, 0.5) is 5.82 Å². The first-order valence-electron chi connectivity index (χ1n) is 21.9. The third-order valence-corrected chi connectivity index (χ3v) is 12.6. The monoisotopic (exact) mass is 872 g/mol. The summed E-state index contributed by atoms with van der Waals surface area (Å²) in [6.45, 7) is 5.54. The Morgan fingerprint density at radius 1 is 0.859 bits per heavy atom. The lowest BCUT2D eigenvalue weighted by Crippen LogP contribution is -2.53. The smallest absolute Gasteiger partial charge is 0.261 e. The van der Waals surface area contributed by atoms with Crippen molar-refractivity contribution >= 4 is 40.5 Å². The fourth-order valence-corrected chi connectivity index (χ4v) is 9.29. The van der Waals surface area contributed by atoms with Crippen LogP contribution in [0.1, 0.15) is 66.7 Å². The van der Waals surface area contributed by atoms with Crippen LogP contribution in [-0.2, 0) is 19.1 Å². The van der Waals surface area contributed by atoms with Crippen molar-refractivity contribution in [1.29, 1.82) is 0 Å². The van der Waals surface area contributed by atoms with Gasteiger partial charge < -0.3 is 30.4 Å². The predicted molar refractivity (Wildman–Crippen MR) is 234 cm³/mol. The Morgan fingerprint density at radius 2 is 1.61 bits per heavy atom. The molecule has 2 atom stereocenters. The quantitative estimate of drug-likeness (QED) is 0.0876. The molecule has 3 aliphatic heterocycles. The number of aromatic nitrogens is 4. The topological polar surface area (TPSA) is 220 Å². The molecule has 9 rings (SSSR count). The van der Waals surface area contributed by atoms with E-state index >= 15 is 0 Å². The number of fused-ring (bicyclic) bond motifs is 2. The fraction of sp³-hybridized carbons (Fsp3) is 0.413. The van der Waals surface area contributed by atoms with Gasteiger partial charge in [0.2, 0.25) is 11.8 Å². The van der Waals surface area contributed by atoms with Crippen molar-refractivity contribution in [1.82, 2.24) is 45.1 Å². The van der Waals surface area contributed by atoms with Gasteiger partial charge in [0.1, 0.15) is 41.1 Å². The number of benzene rings is 3. The van der Waals surface area contributed by atoms with Crippen LogP contribution in [0.25, 0.3) is 22.3 Å². The van der Waals surface area contributed by atoms with Gasteiger partial charge in [-0.25, -0.2) is 14.6 Å². The second-order valence-corrected chi connectivity index (χ2v) is 16.6. The standard InChI is InChI=1S/C46H52N10O8/c47-42-40-41(29-9-15-33(16-10-29)64-32-5-2-1-3-6-32)52-56(43(40)50-28-49-42)31-13-11-30(12-14-31)54-22-20-53(21-23-54)24-26-62-25-19-48-38(58)27-63-36-8-4-7-34-39(36)46(61)55(45(34)60)35-17-18-37(57)51-44(35)59/h1-10,15-16,28,30-31,35,45,60H,11-14,17-27H2,(H,48,58)(H2,47,49,50)(H,51,57,59). The van der Waals surface area contributed by atoms with E-state index in [0.717, 1.165) is 97.1 Å². The number of hydrogen-bond acceptors (Lipinski definition) is 14. The average molecular weight is 873 g/mol. The van der Waals surface area contributed by atoms with Gasteiger partial charge in [-0.2, -0.15) is 5.10 Å². The van der Waals surface area contributed by atoms with Crippen LogP contribution < -0.4 is 25.8 Å². The molecule has 2 aromatic heterocycles. The lowest BCUT2D eigenvalue weighted by atomic mass is 9.90. The summed E-state index contributed by atoms with van der Waals surface area (Å²) in [5.41, 5.74) is 9.26. The number of piperidine rings is 1. The summed E-state index contributed by atoms with van der Waals surface area (Å²) >= 11 is 0. The normalized spacial score (nSPS) is 21.8. The minimum atomic E-state index is -1.38. The Kier molecular flexibility index (Phi) is 12.8. The lowest BCUT2D eigenvalue weighted by Gasteiger charge is -2.42. The number of nitrogens with two attached hydrogens (primary N) is 1. The summed E-state index contributed by atoms with van der Waals surface area (Å²) in [7, 11) is 0. The zero-order valence-electron chi connectivity index (χ0n) is 35.4. The number of aliphatic hydroxyl groups is 1. The molecule has 18 nitrogen and oxygen atoms in total. The molecule has 4 amide bonds. The molecule has 64 heavy (non-hydrogen) atoms. The third-order valence-electron chi connectivity index (χ3n) is 12.6. The summed E-state index contributed by atoms with van der Waals surface area (Å²) in [6.07, 6.45) is 4.44. The Bertz CT molecular complexity index is 2490. The van der Waals surface area contributed by atoms with Crippen molar-refractivity contribution in [3.8, 4) is 28.5 Å². The van der Waals surface area contributed by atoms with Gasteiger partial charge in [0.25, 0.3) is 11.8 Å². The number of piperazine rings is 1. The highest BCUT2D eigenvalue weighted by Gasteiger charge is 2.46. The number of nitrogen functional groups attached to an aromatic ring is 1. The van der Waals surface area contributed by atoms with Gasteiger partial charge in [0, 0.05) is 62.9 Å². The molecule has 0 spiro atoms. The van der Waals surface area contributed by atoms with Gasteiger partial charge in [-0.3, -0.25) is 39.2 Å². The number of nitrogens with zero attached hydrogens (tertiary/aromatic N) is 7. The molecule has 18 heteroatoms. The third kappa shape index (κ3) is 9.12. The van der Waals surface area contributed by atoms with Gasteiger partial charge in [0.15, 0.2) is 18.5 Å². The minimum absolute atomic E-state index is 0.0593. The molecule has 4 aliphatic rings. The van der Waals surface area contributed by atoms with Gasteiger partial charge >= 0.3 is 0 Å². The number of nitrogens with one attached hydrogen (secondary N) is 2. The number of rotatable bonds is 15. The molecule has 2 unspecified atom stereocenters. The van der Waals surface area contributed by atoms with E-state index in [1.807, 2.05) is 54.6 Å². The van der Waals surface area contributed by atoms with Crippen LogP contribution in [-0.4, -0.2) is 134 Å². The molecule has 2 saturated heterocycles. The van der Waals surface area contributed by atoms with Crippen LogP contribution in [0.5, 0.6) is 17.2 Å². The van der Waals surface area contributed by atoms with E-state index in [1.54, 1.807) is 12.1 Å². The van der Waals surface area contributed by atoms with Crippen LogP contribution in [0.3, 0.4) is 0 Å². The van der Waals surface area contributed by atoms with Gasteiger partial charge in [0.05, 0.1) is 30.2 Å². The number of amides is 4. The number of carbonyl (C=O) groups is 4. The largest absolute Gasteiger partial charge is 0.483 e. The number of anilines is 1. The molecular formula is C46H52N10O8. The molecule has 1 aliphatic carbocycles. The van der Waals surface area contributed by atoms with Gasteiger partial charge in [-0.15, -0.1) is 0 Å². The van der Waals surface area contributed by atoms with Crippen molar-refractivity contribution in [2.24, 2.45) is 0 Å². The number of para-hydroxylation sites is 1. The Labute approximate surface area is 369 Å². The predicted octanol–water partition coefficient (Wildman–Crippen LogP) is 3.43. The molecule has 5 N–H and O–H groups in total. The number of hydrogen-bond donors (Lipinski definition) is 4. The highest BCUT2D eigenvalue weighted by Crippen LogP contribution is 2.40. The van der Waals surface area contributed by atoms with E-state index in [0.29, 0.717) is 31.6 Å². The summed E-state index contributed by atoms with van der Waals surface area (Å²) < 4.78 is 19.6. The molecule has 3 fully saturated rings. The van der Waals surface area contributed by atoms with Crippen LogP contribution in [0.15, 0.2) is 79.1 Å². The Hall–Kier alpha value is -6.47. The zero-order chi connectivity index (χ0) is 44.2. The van der Waals surface area contributed by atoms with E-state index in [9.17, 15) is 24.3 Å². The lowest BCUT2D eigenvalue weighted by molar-refractivity contribution is -0.139. The number of carbonyl (C=O) groups excluding carboxylic acids is 4. The van der Waals surface area contributed by atoms with Crippen LogP contribution >= 0.6 is 0 Å². The average Bonchev–Trinajstić information content (AvgIpc) is 3.83. The SMILES string of the molecule is Nc1ncnc2c1c(-c1ccc(Oc3ccccc3)cc1)nn2C1CCC(N2CCN(CCOCCNC(=O)COc3cccc4c3C(=O)N(C3CCC(=O)NC3=O)C4O)CC2)CC1. The van der Waals surface area contributed by atoms with Crippen molar-refractivity contribution in [2.75, 3.05) is 64.8 Å². The van der Waals surface area contributed by atoms with Crippen molar-refractivity contribution in [3.63, 3.8) is 0 Å². The zero-order valence-corrected chi connectivity index (χ0v) is 35.4. The second kappa shape index (κ2) is 19.1. The molecule has 0 radical (unpaired) electrons. The highest BCUT2D eigenvalue weighted by molar-refractivity contribution is 6.07. The second-order valence-electron chi connectivity index (χ2n) is 16.6. The molecule has 334 valence electrons. The van der Waals surface area contributed by atoms with Crippen molar-refractivity contribution in [2.45, 2.75) is 62.9 Å². The van der Waals surface area contributed by atoms with E-state index < -0.39 is 35.9 Å². The van der Waals surface area contributed by atoms with E-state index in [2.05, 4.69) is 35.1 Å². The molecular weight excluding hydrogens is 821 g/mol. The maximum Gasteiger partial charge on any atom is 0.261 e. The van der Waals surface area contributed by atoms with Gasteiger partial charge in [-0.05, 0) is 74.6 Å². The van der Waals surface area contributed by atoms with E-state index in [1.165, 1.54) is 12.4 Å². The molecule has 0 bridgehead atoms. The molecule has 1 saturated carbocycles. The Balaban J connectivity index is 0.679. The van der Waals surface area contributed by atoms with Gasteiger partial charge in [-0.1, -0.05) is 30.3 Å². The minimum Gasteiger partial charge on any atom is -0.483 e. The summed E-state index contributed by atoms with van der Waals surface area (Å²) in [5, 5.41) is 21.8. The highest BCUT2D eigenvalue weighted by atomic mass is 16.5. The number of imide groups is 1. The van der Waals surface area contributed by atoms with E-state index in [-0.39, 0.29) is 42.4 Å².